The SMILES string of the molecule is CCS(=O)(=O)Nc1cc2c3c(c1)CC(=O)N3CCC2. The average Bonchev–Trinajstić information content (AvgIpc) is 2.67. The van der Waals surface area contributed by atoms with Crippen LogP contribution >= 0.6 is 0 Å². The zero-order chi connectivity index (χ0) is 13.6. The van der Waals surface area contributed by atoms with Crippen LogP contribution in [-0.4, -0.2) is 26.6 Å². The fraction of sp³-hybridized carbons (Fsp3) is 0.462. The number of hydrogen-bond acceptors (Lipinski definition) is 3. The molecule has 0 atom stereocenters. The third-order valence-electron chi connectivity index (χ3n) is 3.66. The number of carbonyl (C=O) groups excluding carboxylic acids is 1. The van der Waals surface area contributed by atoms with Crippen molar-refractivity contribution in [3.8, 4) is 0 Å². The van der Waals surface area contributed by atoms with E-state index in [4.69, 9.17) is 0 Å². The molecule has 0 spiro atoms. The van der Waals surface area contributed by atoms with Crippen LogP contribution in [0.4, 0.5) is 11.4 Å². The van der Waals surface area contributed by atoms with Crippen molar-refractivity contribution in [2.45, 2.75) is 26.2 Å². The minimum absolute atomic E-state index is 0.0461. The van der Waals surface area contributed by atoms with Crippen molar-refractivity contribution in [1.82, 2.24) is 0 Å². The van der Waals surface area contributed by atoms with Crippen LogP contribution in [0, 0.1) is 0 Å². The molecule has 0 fully saturated rings. The Bertz CT molecular complexity index is 652. The van der Waals surface area contributed by atoms with E-state index in [2.05, 4.69) is 4.72 Å². The summed E-state index contributed by atoms with van der Waals surface area (Å²) in [5, 5.41) is 0. The Morgan fingerprint density at radius 2 is 2.05 bits per heavy atom. The van der Waals surface area contributed by atoms with Crippen molar-refractivity contribution >= 4 is 27.3 Å². The Hall–Kier alpha value is -1.56. The average molecular weight is 280 g/mol. The summed E-state index contributed by atoms with van der Waals surface area (Å²) in [6.45, 7) is 2.38. The predicted octanol–water partition coefficient (Wildman–Crippen LogP) is 1.28. The van der Waals surface area contributed by atoms with Crippen LogP contribution in [0.25, 0.3) is 0 Å². The van der Waals surface area contributed by atoms with Gasteiger partial charge in [0.1, 0.15) is 0 Å². The van der Waals surface area contributed by atoms with E-state index < -0.39 is 10.0 Å². The molecular formula is C13H16N2O3S. The monoisotopic (exact) mass is 280 g/mol. The van der Waals surface area contributed by atoms with Gasteiger partial charge in [-0.05, 0) is 43.0 Å². The van der Waals surface area contributed by atoms with Crippen molar-refractivity contribution < 1.29 is 13.2 Å². The van der Waals surface area contributed by atoms with Gasteiger partial charge in [-0.1, -0.05) is 0 Å². The number of anilines is 2. The maximum absolute atomic E-state index is 11.9. The molecule has 1 N–H and O–H groups in total. The van der Waals surface area contributed by atoms with E-state index in [1.165, 1.54) is 0 Å². The molecule has 5 nitrogen and oxygen atoms in total. The lowest BCUT2D eigenvalue weighted by Gasteiger charge is -2.26. The van der Waals surface area contributed by atoms with Crippen molar-refractivity contribution in [1.29, 1.82) is 0 Å². The first kappa shape index (κ1) is 12.5. The summed E-state index contributed by atoms with van der Waals surface area (Å²) in [4.78, 5) is 13.7. The molecule has 102 valence electrons. The Kier molecular flexibility index (Phi) is 2.78. The second-order valence-corrected chi connectivity index (χ2v) is 6.99. The highest BCUT2D eigenvalue weighted by Gasteiger charge is 2.32. The molecule has 2 aliphatic rings. The van der Waals surface area contributed by atoms with Crippen LogP contribution in [0.3, 0.4) is 0 Å². The summed E-state index contributed by atoms with van der Waals surface area (Å²) >= 11 is 0. The van der Waals surface area contributed by atoms with E-state index >= 15 is 0 Å². The molecule has 0 radical (unpaired) electrons. The van der Waals surface area contributed by atoms with E-state index in [0.29, 0.717) is 12.1 Å². The summed E-state index contributed by atoms with van der Waals surface area (Å²) in [6, 6.07) is 3.64. The quantitative estimate of drug-likeness (QED) is 0.907. The van der Waals surface area contributed by atoms with E-state index in [-0.39, 0.29) is 11.7 Å². The topological polar surface area (TPSA) is 66.5 Å². The van der Waals surface area contributed by atoms with Gasteiger partial charge in [0.05, 0.1) is 17.9 Å². The molecule has 0 unspecified atom stereocenters. The maximum Gasteiger partial charge on any atom is 0.232 e. The summed E-state index contributed by atoms with van der Waals surface area (Å²) in [6.07, 6.45) is 2.21. The number of nitrogens with zero attached hydrogens (tertiary/aromatic N) is 1. The Labute approximate surface area is 112 Å². The Balaban J connectivity index is 2.04. The number of benzene rings is 1. The fourth-order valence-electron chi connectivity index (χ4n) is 2.79. The van der Waals surface area contributed by atoms with Crippen molar-refractivity contribution in [3.05, 3.63) is 23.3 Å². The van der Waals surface area contributed by atoms with Gasteiger partial charge < -0.3 is 4.90 Å². The van der Waals surface area contributed by atoms with E-state index in [0.717, 1.165) is 36.2 Å². The van der Waals surface area contributed by atoms with E-state index in [9.17, 15) is 13.2 Å². The number of aryl methyl sites for hydroxylation is 1. The highest BCUT2D eigenvalue weighted by molar-refractivity contribution is 7.92. The van der Waals surface area contributed by atoms with Gasteiger partial charge >= 0.3 is 0 Å². The number of rotatable bonds is 3. The zero-order valence-corrected chi connectivity index (χ0v) is 11.6. The molecule has 0 saturated carbocycles. The molecular weight excluding hydrogens is 264 g/mol. The van der Waals surface area contributed by atoms with Gasteiger partial charge in [-0.25, -0.2) is 8.42 Å². The normalized spacial score (nSPS) is 17.5. The third kappa shape index (κ3) is 2.10. The van der Waals surface area contributed by atoms with Crippen LogP contribution in [0.5, 0.6) is 0 Å². The molecule has 0 aromatic heterocycles. The summed E-state index contributed by atoms with van der Waals surface area (Å²) in [7, 11) is -3.27. The van der Waals surface area contributed by atoms with Crippen LogP contribution in [0.15, 0.2) is 12.1 Å². The van der Waals surface area contributed by atoms with Crippen LogP contribution < -0.4 is 9.62 Å². The zero-order valence-electron chi connectivity index (χ0n) is 10.8. The van der Waals surface area contributed by atoms with Gasteiger partial charge in [0, 0.05) is 12.2 Å². The summed E-state index contributed by atoms with van der Waals surface area (Å²) in [5.74, 6) is 0.163. The van der Waals surface area contributed by atoms with Crippen molar-refractivity contribution in [2.75, 3.05) is 21.9 Å². The standard InChI is InChI=1S/C13H16N2O3S/c1-2-19(17,18)14-11-6-9-4-3-5-15-12(16)8-10(7-11)13(9)15/h6-7,14H,2-5,8H2,1H3. The van der Waals surface area contributed by atoms with Gasteiger partial charge in [-0.15, -0.1) is 0 Å². The molecule has 2 heterocycles. The fourth-order valence-corrected chi connectivity index (χ4v) is 3.41. The van der Waals surface area contributed by atoms with E-state index in [1.807, 2.05) is 11.0 Å². The van der Waals surface area contributed by atoms with Gasteiger partial charge in [-0.2, -0.15) is 0 Å². The highest BCUT2D eigenvalue weighted by atomic mass is 32.2. The summed E-state index contributed by atoms with van der Waals surface area (Å²) in [5.41, 5.74) is 3.60. The highest BCUT2D eigenvalue weighted by Crippen LogP contribution is 2.38. The van der Waals surface area contributed by atoms with Gasteiger partial charge in [0.25, 0.3) is 0 Å². The first-order chi connectivity index (χ1) is 9.00. The molecule has 2 aliphatic heterocycles. The minimum atomic E-state index is -3.27. The molecule has 0 saturated heterocycles. The molecule has 3 rings (SSSR count). The largest absolute Gasteiger partial charge is 0.312 e. The predicted molar refractivity (Wildman–Crippen MR) is 73.9 cm³/mol. The van der Waals surface area contributed by atoms with E-state index in [1.54, 1.807) is 13.0 Å². The number of carbonyl (C=O) groups is 1. The second-order valence-electron chi connectivity index (χ2n) is 4.97. The first-order valence-corrected chi connectivity index (χ1v) is 8.12. The molecule has 0 bridgehead atoms. The first-order valence-electron chi connectivity index (χ1n) is 6.47. The molecule has 19 heavy (non-hydrogen) atoms. The molecule has 1 aromatic rings. The molecule has 1 aromatic carbocycles. The van der Waals surface area contributed by atoms with Gasteiger partial charge in [0.2, 0.25) is 15.9 Å². The van der Waals surface area contributed by atoms with Crippen LogP contribution in [-0.2, 0) is 27.7 Å². The second kappa shape index (κ2) is 4.23. The van der Waals surface area contributed by atoms with Crippen LogP contribution in [0.2, 0.25) is 0 Å². The summed E-state index contributed by atoms with van der Waals surface area (Å²) < 4.78 is 25.8. The minimum Gasteiger partial charge on any atom is -0.312 e. The lowest BCUT2D eigenvalue weighted by atomic mass is 9.99. The maximum atomic E-state index is 11.9. The third-order valence-corrected chi connectivity index (χ3v) is 4.97. The number of hydrogen-bond donors (Lipinski definition) is 1. The van der Waals surface area contributed by atoms with Crippen LogP contribution in [0.1, 0.15) is 24.5 Å². The lowest BCUT2D eigenvalue weighted by Crippen LogP contribution is -2.31. The van der Waals surface area contributed by atoms with Gasteiger partial charge in [-0.3, -0.25) is 9.52 Å². The van der Waals surface area contributed by atoms with Gasteiger partial charge in [0.15, 0.2) is 0 Å². The Morgan fingerprint density at radius 3 is 2.79 bits per heavy atom. The van der Waals surface area contributed by atoms with Crippen molar-refractivity contribution in [3.63, 3.8) is 0 Å². The Morgan fingerprint density at radius 1 is 1.32 bits per heavy atom. The molecule has 1 amide bonds. The van der Waals surface area contributed by atoms with Crippen molar-refractivity contribution in [2.24, 2.45) is 0 Å². The number of amides is 1. The number of nitrogens with one attached hydrogen (secondary N) is 1. The number of sulfonamides is 1. The lowest BCUT2D eigenvalue weighted by molar-refractivity contribution is -0.117. The molecule has 6 heteroatoms. The smallest absolute Gasteiger partial charge is 0.232 e. The molecule has 0 aliphatic carbocycles.